The minimum atomic E-state index is -3.79. The van der Waals surface area contributed by atoms with Crippen molar-refractivity contribution in [3.05, 3.63) is 23.8 Å². The zero-order chi connectivity index (χ0) is 17.1. The molecule has 1 amide bonds. The molecular weight excluding hydrogens is 346 g/mol. The van der Waals surface area contributed by atoms with Crippen molar-refractivity contribution in [2.75, 3.05) is 19.5 Å². The summed E-state index contributed by atoms with van der Waals surface area (Å²) in [7, 11) is -7.19. The number of benzene rings is 1. The molecule has 8 nitrogen and oxygen atoms in total. The van der Waals surface area contributed by atoms with Crippen molar-refractivity contribution in [3.8, 4) is 5.75 Å². The molecule has 23 heavy (non-hydrogen) atoms. The second kappa shape index (κ2) is 6.85. The van der Waals surface area contributed by atoms with Crippen molar-refractivity contribution in [1.82, 2.24) is 4.72 Å². The van der Waals surface area contributed by atoms with E-state index in [1.54, 1.807) is 0 Å². The van der Waals surface area contributed by atoms with Gasteiger partial charge in [-0.05, 0) is 31.4 Å². The number of amides is 1. The number of unbranched alkanes of at least 4 members (excludes halogenated alkanes) is 2. The summed E-state index contributed by atoms with van der Waals surface area (Å²) >= 11 is 0. The van der Waals surface area contributed by atoms with Gasteiger partial charge in [0.1, 0.15) is 10.6 Å². The van der Waals surface area contributed by atoms with Crippen LogP contribution in [0.4, 0.5) is 0 Å². The van der Waals surface area contributed by atoms with Gasteiger partial charge in [0.25, 0.3) is 26.0 Å². The van der Waals surface area contributed by atoms with E-state index in [1.165, 1.54) is 18.2 Å². The topological polar surface area (TPSA) is 116 Å². The first kappa shape index (κ1) is 17.7. The number of carbonyl (C=O) groups excluding carboxylic acids is 1. The summed E-state index contributed by atoms with van der Waals surface area (Å²) in [5.74, 6) is -0.284. The van der Waals surface area contributed by atoms with Gasteiger partial charge >= 0.3 is 0 Å². The molecule has 0 unspecified atom stereocenters. The van der Waals surface area contributed by atoms with Crippen molar-refractivity contribution in [1.29, 1.82) is 0 Å². The molecule has 0 atom stereocenters. The fourth-order valence-electron chi connectivity index (χ4n) is 2.02. The number of hydrogen-bond donors (Lipinski definition) is 1. The molecule has 0 radical (unpaired) electrons. The Morgan fingerprint density at radius 2 is 1.83 bits per heavy atom. The van der Waals surface area contributed by atoms with Crippen LogP contribution in [0.25, 0.3) is 0 Å². The Bertz CT molecular complexity index is 800. The molecular formula is C13H17NO7S2. The van der Waals surface area contributed by atoms with E-state index in [0.717, 1.165) is 6.26 Å². The third kappa shape index (κ3) is 4.91. The first-order valence-electron chi connectivity index (χ1n) is 6.87. The molecule has 1 heterocycles. The van der Waals surface area contributed by atoms with Crippen LogP contribution in [-0.2, 0) is 24.3 Å². The van der Waals surface area contributed by atoms with Gasteiger partial charge in [0.15, 0.2) is 0 Å². The molecule has 1 aromatic rings. The monoisotopic (exact) mass is 363 g/mol. The highest BCUT2D eigenvalue weighted by atomic mass is 32.2. The predicted molar refractivity (Wildman–Crippen MR) is 81.2 cm³/mol. The molecule has 10 heteroatoms. The normalized spacial score (nSPS) is 16.0. The predicted octanol–water partition coefficient (Wildman–Crippen LogP) is 0.644. The van der Waals surface area contributed by atoms with Crippen LogP contribution in [0.15, 0.2) is 23.1 Å². The van der Waals surface area contributed by atoms with E-state index in [9.17, 15) is 21.6 Å². The second-order valence-corrected chi connectivity index (χ2v) is 8.32. The Morgan fingerprint density at radius 3 is 2.52 bits per heavy atom. The summed E-state index contributed by atoms with van der Waals surface area (Å²) in [6.07, 6.45) is 2.94. The second-order valence-electron chi connectivity index (χ2n) is 5.03. The number of ether oxygens (including phenoxy) is 1. The van der Waals surface area contributed by atoms with Gasteiger partial charge in [0.05, 0.1) is 25.0 Å². The Balaban J connectivity index is 1.79. The molecule has 0 aliphatic carbocycles. The summed E-state index contributed by atoms with van der Waals surface area (Å²) in [6.45, 7) is 0.475. The fraction of sp³-hybridized carbons (Fsp3) is 0.462. The molecule has 0 saturated carbocycles. The quantitative estimate of drug-likeness (QED) is 0.532. The van der Waals surface area contributed by atoms with Crippen LogP contribution in [0.3, 0.4) is 0 Å². The van der Waals surface area contributed by atoms with Gasteiger partial charge in [-0.2, -0.15) is 8.42 Å². The Kier molecular flexibility index (Phi) is 5.27. The van der Waals surface area contributed by atoms with Crippen LogP contribution >= 0.6 is 0 Å². The SMILES string of the molecule is CS(=O)(=O)OCCCCCOc1ccc2c(c1)S(=O)(=O)NC2=O. The number of sulfonamides is 1. The van der Waals surface area contributed by atoms with Crippen LogP contribution < -0.4 is 9.46 Å². The van der Waals surface area contributed by atoms with E-state index in [2.05, 4.69) is 4.18 Å². The minimum Gasteiger partial charge on any atom is -0.494 e. The van der Waals surface area contributed by atoms with Crippen molar-refractivity contribution in [2.24, 2.45) is 0 Å². The van der Waals surface area contributed by atoms with Gasteiger partial charge < -0.3 is 4.74 Å². The maximum Gasteiger partial charge on any atom is 0.266 e. The molecule has 1 aliphatic heterocycles. The van der Waals surface area contributed by atoms with Crippen LogP contribution in [0, 0.1) is 0 Å². The molecule has 1 N–H and O–H groups in total. The first-order chi connectivity index (χ1) is 10.7. The molecule has 0 saturated heterocycles. The zero-order valence-electron chi connectivity index (χ0n) is 12.4. The number of carbonyl (C=O) groups is 1. The summed E-state index contributed by atoms with van der Waals surface area (Å²) < 4.78 is 56.8. The minimum absolute atomic E-state index is 0.0819. The van der Waals surface area contributed by atoms with Crippen LogP contribution in [0.5, 0.6) is 5.75 Å². The highest BCUT2D eigenvalue weighted by molar-refractivity contribution is 7.90. The molecule has 128 valence electrons. The highest BCUT2D eigenvalue weighted by Gasteiger charge is 2.32. The third-order valence-electron chi connectivity index (χ3n) is 3.07. The average molecular weight is 363 g/mol. The van der Waals surface area contributed by atoms with Crippen LogP contribution in [0.1, 0.15) is 29.6 Å². The average Bonchev–Trinajstić information content (AvgIpc) is 2.66. The maximum absolute atomic E-state index is 11.7. The molecule has 0 fully saturated rings. The summed E-state index contributed by atoms with van der Waals surface area (Å²) in [5.41, 5.74) is 0.107. The van der Waals surface area contributed by atoms with Crippen molar-refractivity contribution in [3.63, 3.8) is 0 Å². The fourth-order valence-corrected chi connectivity index (χ4v) is 3.62. The van der Waals surface area contributed by atoms with E-state index >= 15 is 0 Å². The van der Waals surface area contributed by atoms with Gasteiger partial charge in [-0.3, -0.25) is 8.98 Å². The lowest BCUT2D eigenvalue weighted by molar-refractivity contribution is 0.0985. The van der Waals surface area contributed by atoms with Gasteiger partial charge in [0.2, 0.25) is 0 Å². The van der Waals surface area contributed by atoms with E-state index in [1.807, 2.05) is 4.72 Å². The number of nitrogens with one attached hydrogen (secondary N) is 1. The van der Waals surface area contributed by atoms with Gasteiger partial charge in [-0.25, -0.2) is 13.1 Å². The molecule has 0 bridgehead atoms. The van der Waals surface area contributed by atoms with E-state index in [-0.39, 0.29) is 17.1 Å². The van der Waals surface area contributed by atoms with E-state index in [0.29, 0.717) is 31.6 Å². The van der Waals surface area contributed by atoms with Crippen molar-refractivity contribution >= 4 is 26.0 Å². The summed E-state index contributed by atoms with van der Waals surface area (Å²) in [5, 5.41) is 0. The first-order valence-corrected chi connectivity index (χ1v) is 10.2. The Labute approximate surface area is 135 Å². The third-order valence-corrected chi connectivity index (χ3v) is 5.03. The van der Waals surface area contributed by atoms with E-state index in [4.69, 9.17) is 4.74 Å². The maximum atomic E-state index is 11.7. The largest absolute Gasteiger partial charge is 0.494 e. The molecule has 1 aliphatic rings. The summed E-state index contributed by atoms with van der Waals surface area (Å²) in [4.78, 5) is 11.4. The summed E-state index contributed by atoms with van der Waals surface area (Å²) in [6, 6.07) is 4.26. The van der Waals surface area contributed by atoms with Gasteiger partial charge in [-0.1, -0.05) is 0 Å². The molecule has 2 rings (SSSR count). The molecule has 0 spiro atoms. The Morgan fingerprint density at radius 1 is 1.13 bits per heavy atom. The van der Waals surface area contributed by atoms with Gasteiger partial charge in [-0.15, -0.1) is 0 Å². The lowest BCUT2D eigenvalue weighted by atomic mass is 10.2. The van der Waals surface area contributed by atoms with Crippen molar-refractivity contribution < 1.29 is 30.6 Å². The van der Waals surface area contributed by atoms with Crippen LogP contribution in [0.2, 0.25) is 0 Å². The molecule has 0 aromatic heterocycles. The van der Waals surface area contributed by atoms with Gasteiger partial charge in [0, 0.05) is 6.07 Å². The van der Waals surface area contributed by atoms with Crippen LogP contribution in [-0.4, -0.2) is 42.2 Å². The number of fused-ring (bicyclic) bond motifs is 1. The van der Waals surface area contributed by atoms with E-state index < -0.39 is 26.0 Å². The lowest BCUT2D eigenvalue weighted by Gasteiger charge is -2.07. The van der Waals surface area contributed by atoms with Crippen molar-refractivity contribution in [2.45, 2.75) is 24.2 Å². The highest BCUT2D eigenvalue weighted by Crippen LogP contribution is 2.26. The Hall–Kier alpha value is -1.65. The molecule has 1 aromatic carbocycles. The number of rotatable bonds is 8. The lowest BCUT2D eigenvalue weighted by Crippen LogP contribution is -2.20. The standard InChI is InChI=1S/C13H17NO7S2/c1-22(16,17)21-8-4-2-3-7-20-10-5-6-11-12(9-10)23(18,19)14-13(11)15/h5-6,9H,2-4,7-8H2,1H3,(H,14,15). The number of hydrogen-bond acceptors (Lipinski definition) is 7. The zero-order valence-corrected chi connectivity index (χ0v) is 14.1. The smallest absolute Gasteiger partial charge is 0.266 e.